The van der Waals surface area contributed by atoms with Gasteiger partial charge in [0.05, 0.1) is 12.1 Å². The number of nitrogens with two attached hydrogens (primary N) is 1. The van der Waals surface area contributed by atoms with E-state index in [2.05, 4.69) is 0 Å². The zero-order valence-corrected chi connectivity index (χ0v) is 11.8. The third-order valence-corrected chi connectivity index (χ3v) is 3.83. The number of carbonyl (C=O) groups is 1. The van der Waals surface area contributed by atoms with Crippen LogP contribution in [0.5, 0.6) is 0 Å². The Morgan fingerprint density at radius 3 is 2.79 bits per heavy atom. The number of hydrogen-bond acceptors (Lipinski definition) is 3. The van der Waals surface area contributed by atoms with Crippen LogP contribution in [0.25, 0.3) is 0 Å². The van der Waals surface area contributed by atoms with E-state index in [0.717, 1.165) is 24.1 Å². The molecule has 1 saturated heterocycles. The van der Waals surface area contributed by atoms with Gasteiger partial charge in [0.25, 0.3) is 5.91 Å². The molecule has 1 aromatic carbocycles. The number of ether oxygens (including phenoxy) is 1. The minimum Gasteiger partial charge on any atom is -0.399 e. The minimum absolute atomic E-state index is 0.00416. The molecule has 0 aromatic heterocycles. The molecule has 1 heterocycles. The Morgan fingerprint density at radius 2 is 2.21 bits per heavy atom. The van der Waals surface area contributed by atoms with Gasteiger partial charge in [-0.15, -0.1) is 0 Å². The third-order valence-electron chi connectivity index (χ3n) is 3.83. The largest absolute Gasteiger partial charge is 0.399 e. The molecule has 0 saturated carbocycles. The van der Waals surface area contributed by atoms with Gasteiger partial charge in [0.15, 0.2) is 0 Å². The van der Waals surface area contributed by atoms with Crippen molar-refractivity contribution in [3.8, 4) is 0 Å². The third kappa shape index (κ3) is 3.07. The summed E-state index contributed by atoms with van der Waals surface area (Å²) in [6, 6.07) is 7.65. The monoisotopic (exact) mass is 262 g/mol. The molecule has 0 aliphatic carbocycles. The van der Waals surface area contributed by atoms with E-state index in [9.17, 15) is 4.79 Å². The lowest BCUT2D eigenvalue weighted by Crippen LogP contribution is -2.38. The van der Waals surface area contributed by atoms with Crippen molar-refractivity contribution in [3.05, 3.63) is 29.8 Å². The number of nitrogens with zero attached hydrogens (tertiary/aromatic N) is 1. The van der Waals surface area contributed by atoms with E-state index in [4.69, 9.17) is 10.5 Å². The second kappa shape index (κ2) is 5.61. The van der Waals surface area contributed by atoms with Crippen molar-refractivity contribution in [2.75, 3.05) is 12.8 Å². The maximum absolute atomic E-state index is 12.4. The van der Waals surface area contributed by atoms with E-state index < -0.39 is 0 Å². The van der Waals surface area contributed by atoms with Crippen LogP contribution >= 0.6 is 0 Å². The van der Waals surface area contributed by atoms with Crippen LogP contribution < -0.4 is 5.73 Å². The molecule has 0 radical (unpaired) electrons. The summed E-state index contributed by atoms with van der Waals surface area (Å²) >= 11 is 0. The van der Waals surface area contributed by atoms with Gasteiger partial charge >= 0.3 is 0 Å². The summed E-state index contributed by atoms with van der Waals surface area (Å²) in [5.41, 5.74) is 7.55. The molecule has 19 heavy (non-hydrogen) atoms. The second-order valence-electron chi connectivity index (χ2n) is 5.31. The molecule has 1 aliphatic rings. The van der Waals surface area contributed by atoms with Gasteiger partial charge in [-0.05, 0) is 44.4 Å². The molecule has 1 amide bonds. The fourth-order valence-electron chi connectivity index (χ4n) is 2.44. The summed E-state index contributed by atoms with van der Waals surface area (Å²) in [4.78, 5) is 14.1. The average Bonchev–Trinajstić information content (AvgIpc) is 2.83. The van der Waals surface area contributed by atoms with Gasteiger partial charge in [0, 0.05) is 12.7 Å². The van der Waals surface area contributed by atoms with Crippen molar-refractivity contribution < 1.29 is 9.53 Å². The topological polar surface area (TPSA) is 55.6 Å². The molecule has 0 bridgehead atoms. The maximum atomic E-state index is 12.4. The molecule has 1 aliphatic heterocycles. The van der Waals surface area contributed by atoms with E-state index in [0.29, 0.717) is 0 Å². The number of likely N-dealkylation sites (N-methyl/N-ethyl adjacent to an activating group) is 1. The first-order valence-electron chi connectivity index (χ1n) is 6.76. The Morgan fingerprint density at radius 1 is 1.47 bits per heavy atom. The van der Waals surface area contributed by atoms with Crippen LogP contribution in [0.1, 0.15) is 38.3 Å². The summed E-state index contributed by atoms with van der Waals surface area (Å²) in [5, 5.41) is 0. The zero-order chi connectivity index (χ0) is 14.0. The standard InChI is InChI=1S/C15H22N2O2/c1-10-7-8-14(19-10)15(18)17(3)11(2)12-5-4-6-13(16)9-12/h4-6,9-11,14H,7-8,16H2,1-3H3. The van der Waals surface area contributed by atoms with E-state index in [1.807, 2.05) is 45.2 Å². The van der Waals surface area contributed by atoms with Crippen molar-refractivity contribution in [3.63, 3.8) is 0 Å². The first kappa shape index (κ1) is 13.9. The predicted molar refractivity (Wildman–Crippen MR) is 75.6 cm³/mol. The number of carbonyl (C=O) groups excluding carboxylic acids is 1. The molecule has 3 unspecified atom stereocenters. The highest BCUT2D eigenvalue weighted by molar-refractivity contribution is 5.81. The van der Waals surface area contributed by atoms with Crippen LogP contribution in [0.2, 0.25) is 0 Å². The normalized spacial score (nSPS) is 24.2. The van der Waals surface area contributed by atoms with Crippen LogP contribution in [-0.4, -0.2) is 30.1 Å². The van der Waals surface area contributed by atoms with Gasteiger partial charge in [0.1, 0.15) is 6.10 Å². The molecule has 2 N–H and O–H groups in total. The molecule has 4 heteroatoms. The summed E-state index contributed by atoms with van der Waals surface area (Å²) in [6.45, 7) is 4.01. The van der Waals surface area contributed by atoms with Gasteiger partial charge in [0.2, 0.25) is 0 Å². The molecule has 1 fully saturated rings. The Hall–Kier alpha value is -1.55. The molecule has 104 valence electrons. The Balaban J connectivity index is 2.06. The van der Waals surface area contributed by atoms with Gasteiger partial charge < -0.3 is 15.4 Å². The van der Waals surface area contributed by atoms with Gasteiger partial charge in [-0.1, -0.05) is 12.1 Å². The smallest absolute Gasteiger partial charge is 0.251 e. The quantitative estimate of drug-likeness (QED) is 0.851. The Bertz CT molecular complexity index is 461. The molecule has 4 nitrogen and oxygen atoms in total. The lowest BCUT2D eigenvalue weighted by molar-refractivity contribution is -0.143. The predicted octanol–water partition coefficient (Wildman–Crippen LogP) is 2.36. The molecular weight excluding hydrogens is 240 g/mol. The highest BCUT2D eigenvalue weighted by Gasteiger charge is 2.32. The van der Waals surface area contributed by atoms with Crippen LogP contribution in [0.15, 0.2) is 24.3 Å². The number of rotatable bonds is 3. The first-order chi connectivity index (χ1) is 8.99. The fraction of sp³-hybridized carbons (Fsp3) is 0.533. The average molecular weight is 262 g/mol. The summed E-state index contributed by atoms with van der Waals surface area (Å²) in [6.07, 6.45) is 1.67. The van der Waals surface area contributed by atoms with E-state index in [-0.39, 0.29) is 24.2 Å². The van der Waals surface area contributed by atoms with Crippen LogP contribution in [0, 0.1) is 0 Å². The van der Waals surface area contributed by atoms with Crippen LogP contribution in [-0.2, 0) is 9.53 Å². The molecule has 3 atom stereocenters. The molecule has 0 spiro atoms. The summed E-state index contributed by atoms with van der Waals surface area (Å²) < 4.78 is 5.64. The van der Waals surface area contributed by atoms with E-state index >= 15 is 0 Å². The van der Waals surface area contributed by atoms with Crippen molar-refractivity contribution in [1.29, 1.82) is 0 Å². The maximum Gasteiger partial charge on any atom is 0.251 e. The summed E-state index contributed by atoms with van der Waals surface area (Å²) in [5.74, 6) is 0.0549. The lowest BCUT2D eigenvalue weighted by atomic mass is 10.1. The van der Waals surface area contributed by atoms with Crippen molar-refractivity contribution >= 4 is 11.6 Å². The number of benzene rings is 1. The van der Waals surface area contributed by atoms with Gasteiger partial charge in [-0.25, -0.2) is 0 Å². The van der Waals surface area contributed by atoms with Crippen molar-refractivity contribution in [2.24, 2.45) is 0 Å². The van der Waals surface area contributed by atoms with Crippen molar-refractivity contribution in [2.45, 2.75) is 44.9 Å². The summed E-state index contributed by atoms with van der Waals surface area (Å²) in [7, 11) is 1.82. The van der Waals surface area contributed by atoms with E-state index in [1.165, 1.54) is 0 Å². The number of anilines is 1. The first-order valence-corrected chi connectivity index (χ1v) is 6.76. The number of amides is 1. The molecular formula is C15H22N2O2. The SMILES string of the molecule is CC1CCC(C(=O)N(C)C(C)c2cccc(N)c2)O1. The Kier molecular flexibility index (Phi) is 4.10. The highest BCUT2D eigenvalue weighted by Crippen LogP contribution is 2.25. The van der Waals surface area contributed by atoms with Crippen LogP contribution in [0.3, 0.4) is 0 Å². The zero-order valence-electron chi connectivity index (χ0n) is 11.8. The van der Waals surface area contributed by atoms with Gasteiger partial charge in [-0.2, -0.15) is 0 Å². The van der Waals surface area contributed by atoms with Crippen LogP contribution in [0.4, 0.5) is 5.69 Å². The van der Waals surface area contributed by atoms with E-state index in [1.54, 1.807) is 4.90 Å². The lowest BCUT2D eigenvalue weighted by Gasteiger charge is -2.28. The Labute approximate surface area is 114 Å². The fourth-order valence-corrected chi connectivity index (χ4v) is 2.44. The van der Waals surface area contributed by atoms with Crippen molar-refractivity contribution in [1.82, 2.24) is 4.90 Å². The molecule has 1 aromatic rings. The van der Waals surface area contributed by atoms with Gasteiger partial charge in [-0.3, -0.25) is 4.79 Å². The molecule has 2 rings (SSSR count). The number of hydrogen-bond donors (Lipinski definition) is 1. The minimum atomic E-state index is -0.288. The second-order valence-corrected chi connectivity index (χ2v) is 5.31. The highest BCUT2D eigenvalue weighted by atomic mass is 16.5. The number of nitrogen functional groups attached to an aromatic ring is 1.